The van der Waals surface area contributed by atoms with Gasteiger partial charge in [-0.05, 0) is 61.8 Å². The number of aryl methyl sites for hydroxylation is 1. The van der Waals surface area contributed by atoms with Crippen molar-refractivity contribution in [3.8, 4) is 11.1 Å². The minimum absolute atomic E-state index is 0.0568. The highest BCUT2D eigenvalue weighted by molar-refractivity contribution is 7.89. The molecule has 1 aliphatic rings. The second-order valence-corrected chi connectivity index (χ2v) is 8.56. The molecular weight excluding hydrogens is 376 g/mol. The molecule has 140 valence electrons. The van der Waals surface area contributed by atoms with Crippen LogP contribution in [0.15, 0.2) is 23.2 Å². The van der Waals surface area contributed by atoms with Crippen LogP contribution < -0.4 is 10.9 Å². The van der Waals surface area contributed by atoms with E-state index in [2.05, 4.69) is 9.97 Å². The summed E-state index contributed by atoms with van der Waals surface area (Å²) in [5, 5.41) is 15.3. The summed E-state index contributed by atoms with van der Waals surface area (Å²) in [5.74, 6) is 0.203. The minimum Gasteiger partial charge on any atom is -0.393 e. The fourth-order valence-electron chi connectivity index (χ4n) is 3.43. The van der Waals surface area contributed by atoms with E-state index in [0.29, 0.717) is 29.7 Å². The third-order valence-electron chi connectivity index (χ3n) is 4.82. The van der Waals surface area contributed by atoms with Crippen molar-refractivity contribution in [2.75, 3.05) is 5.73 Å². The lowest BCUT2D eigenvalue weighted by Crippen LogP contribution is -2.19. The van der Waals surface area contributed by atoms with E-state index in [0.717, 1.165) is 18.4 Å². The van der Waals surface area contributed by atoms with Crippen LogP contribution in [0.2, 0.25) is 5.02 Å². The van der Waals surface area contributed by atoms with E-state index in [-0.39, 0.29) is 27.9 Å². The van der Waals surface area contributed by atoms with Crippen LogP contribution in [0.5, 0.6) is 0 Å². The van der Waals surface area contributed by atoms with Crippen molar-refractivity contribution in [3.05, 3.63) is 34.6 Å². The molecule has 9 heteroatoms. The number of hydrogen-bond donors (Lipinski definition) is 3. The van der Waals surface area contributed by atoms with Gasteiger partial charge in [0.15, 0.2) is 0 Å². The van der Waals surface area contributed by atoms with Crippen molar-refractivity contribution in [2.45, 2.75) is 49.5 Å². The van der Waals surface area contributed by atoms with E-state index in [1.165, 1.54) is 6.07 Å². The van der Waals surface area contributed by atoms with Gasteiger partial charge in [0.05, 0.1) is 16.8 Å². The minimum atomic E-state index is -4.00. The number of nitrogens with two attached hydrogens (primary N) is 2. The number of sulfonamides is 1. The molecule has 5 N–H and O–H groups in total. The van der Waals surface area contributed by atoms with Crippen LogP contribution in [0.25, 0.3) is 11.1 Å². The molecule has 0 atom stereocenters. The number of rotatable bonds is 3. The molecule has 1 aromatic carbocycles. The average molecular weight is 397 g/mol. The number of aliphatic hydroxyl groups is 1. The Hall–Kier alpha value is -1.74. The maximum absolute atomic E-state index is 12.1. The fraction of sp³-hybridized carbons (Fsp3) is 0.412. The Kier molecular flexibility index (Phi) is 5.21. The highest BCUT2D eigenvalue weighted by Crippen LogP contribution is 2.41. The zero-order chi connectivity index (χ0) is 19.1. The molecule has 0 amide bonds. The second-order valence-electron chi connectivity index (χ2n) is 6.66. The number of benzene rings is 1. The number of nitrogens with zero attached hydrogens (tertiary/aromatic N) is 2. The first-order valence-corrected chi connectivity index (χ1v) is 10.2. The van der Waals surface area contributed by atoms with Gasteiger partial charge in [0.1, 0.15) is 4.90 Å². The first kappa shape index (κ1) is 19.0. The van der Waals surface area contributed by atoms with Gasteiger partial charge in [0, 0.05) is 11.8 Å². The number of aliphatic hydroxyl groups excluding tert-OH is 1. The van der Waals surface area contributed by atoms with E-state index >= 15 is 0 Å². The standard InChI is InChI=1S/C17H21ClN4O3S/c1-9-14(8-21-17(19)22-9)11-6-13(10-2-4-12(23)5-3-10)16(18)15(7-11)26(20,24)25/h6-8,10,12,23H,2-5H2,1H3,(H2,19,21,22)(H2,20,24,25). The Labute approximate surface area is 157 Å². The number of nitrogen functional groups attached to an aromatic ring is 1. The molecule has 1 saturated carbocycles. The van der Waals surface area contributed by atoms with Gasteiger partial charge in [-0.2, -0.15) is 0 Å². The van der Waals surface area contributed by atoms with Crippen molar-refractivity contribution in [3.63, 3.8) is 0 Å². The molecule has 0 saturated heterocycles. The molecule has 7 nitrogen and oxygen atoms in total. The average Bonchev–Trinajstić information content (AvgIpc) is 2.55. The summed E-state index contributed by atoms with van der Waals surface area (Å²) in [6.45, 7) is 1.77. The molecular formula is C17H21ClN4O3S. The monoisotopic (exact) mass is 396 g/mol. The Morgan fingerprint density at radius 3 is 2.46 bits per heavy atom. The van der Waals surface area contributed by atoms with Crippen LogP contribution in [-0.4, -0.2) is 29.6 Å². The third-order valence-corrected chi connectivity index (χ3v) is 6.29. The maximum Gasteiger partial charge on any atom is 0.239 e. The summed E-state index contributed by atoms with van der Waals surface area (Å²) in [6, 6.07) is 3.31. The van der Waals surface area contributed by atoms with Crippen molar-refractivity contribution in [1.29, 1.82) is 0 Å². The summed E-state index contributed by atoms with van der Waals surface area (Å²) in [4.78, 5) is 8.02. The molecule has 0 unspecified atom stereocenters. The summed E-state index contributed by atoms with van der Waals surface area (Å²) < 4.78 is 24.1. The van der Waals surface area contributed by atoms with Gasteiger partial charge in [-0.25, -0.2) is 23.5 Å². The van der Waals surface area contributed by atoms with E-state index in [4.69, 9.17) is 22.5 Å². The normalized spacial score (nSPS) is 20.9. The van der Waals surface area contributed by atoms with E-state index in [1.807, 2.05) is 6.07 Å². The molecule has 0 aliphatic heterocycles. The lowest BCUT2D eigenvalue weighted by atomic mass is 9.82. The zero-order valence-electron chi connectivity index (χ0n) is 14.3. The Morgan fingerprint density at radius 1 is 1.23 bits per heavy atom. The van der Waals surface area contributed by atoms with Gasteiger partial charge in [0.2, 0.25) is 16.0 Å². The molecule has 2 aromatic rings. The predicted octanol–water partition coefficient (Wildman–Crippen LogP) is 2.35. The van der Waals surface area contributed by atoms with Gasteiger partial charge in [-0.1, -0.05) is 11.6 Å². The molecule has 1 heterocycles. The lowest BCUT2D eigenvalue weighted by molar-refractivity contribution is 0.122. The van der Waals surface area contributed by atoms with Crippen LogP contribution in [0.3, 0.4) is 0 Å². The van der Waals surface area contributed by atoms with Gasteiger partial charge >= 0.3 is 0 Å². The van der Waals surface area contributed by atoms with Crippen molar-refractivity contribution in [1.82, 2.24) is 9.97 Å². The highest BCUT2D eigenvalue weighted by Gasteiger charge is 2.27. The first-order valence-electron chi connectivity index (χ1n) is 8.30. The van der Waals surface area contributed by atoms with Crippen molar-refractivity contribution in [2.24, 2.45) is 5.14 Å². The van der Waals surface area contributed by atoms with E-state index in [1.54, 1.807) is 13.1 Å². The predicted molar refractivity (Wildman–Crippen MR) is 100 cm³/mol. The van der Waals surface area contributed by atoms with Gasteiger partial charge in [0.25, 0.3) is 0 Å². The first-order chi connectivity index (χ1) is 12.2. The molecule has 0 radical (unpaired) electrons. The molecule has 3 rings (SSSR count). The summed E-state index contributed by atoms with van der Waals surface area (Å²) in [6.07, 6.45) is 4.00. The topological polar surface area (TPSA) is 132 Å². The van der Waals surface area contributed by atoms with Crippen molar-refractivity contribution < 1.29 is 13.5 Å². The summed E-state index contributed by atoms with van der Waals surface area (Å²) in [5.41, 5.74) is 8.24. The largest absolute Gasteiger partial charge is 0.393 e. The zero-order valence-corrected chi connectivity index (χ0v) is 15.9. The van der Waals surface area contributed by atoms with Crippen LogP contribution in [0, 0.1) is 6.92 Å². The lowest BCUT2D eigenvalue weighted by Gasteiger charge is -2.27. The fourth-order valence-corrected chi connectivity index (χ4v) is 4.68. The molecule has 0 bridgehead atoms. The number of primary sulfonamides is 1. The molecule has 1 aromatic heterocycles. The van der Waals surface area contributed by atoms with Gasteiger partial charge in [-0.3, -0.25) is 0 Å². The van der Waals surface area contributed by atoms with E-state index in [9.17, 15) is 13.5 Å². The molecule has 26 heavy (non-hydrogen) atoms. The second kappa shape index (κ2) is 7.11. The number of halogens is 1. The van der Waals surface area contributed by atoms with Crippen molar-refractivity contribution >= 4 is 27.6 Å². The number of hydrogen-bond acceptors (Lipinski definition) is 6. The van der Waals surface area contributed by atoms with E-state index < -0.39 is 10.0 Å². The smallest absolute Gasteiger partial charge is 0.239 e. The molecule has 1 fully saturated rings. The van der Waals surface area contributed by atoms with Crippen LogP contribution >= 0.6 is 11.6 Å². The SMILES string of the molecule is Cc1nc(N)ncc1-c1cc(C2CCC(O)CC2)c(Cl)c(S(N)(=O)=O)c1. The molecule has 0 spiro atoms. The Morgan fingerprint density at radius 2 is 1.88 bits per heavy atom. The quantitative estimate of drug-likeness (QED) is 0.729. The van der Waals surface area contributed by atoms with Gasteiger partial charge in [-0.15, -0.1) is 0 Å². The van der Waals surface area contributed by atoms with Crippen LogP contribution in [0.1, 0.15) is 42.9 Å². The summed E-state index contributed by atoms with van der Waals surface area (Å²) in [7, 11) is -4.00. The van der Waals surface area contributed by atoms with Crippen LogP contribution in [0.4, 0.5) is 5.95 Å². The molecule has 1 aliphatic carbocycles. The third kappa shape index (κ3) is 3.83. The number of aromatic nitrogens is 2. The highest BCUT2D eigenvalue weighted by atomic mass is 35.5. The summed E-state index contributed by atoms with van der Waals surface area (Å²) >= 11 is 6.41. The Balaban J connectivity index is 2.18. The van der Waals surface area contributed by atoms with Gasteiger partial charge < -0.3 is 10.8 Å². The Bertz CT molecular complexity index is 941. The maximum atomic E-state index is 12.1. The van der Waals surface area contributed by atoms with Crippen LogP contribution in [-0.2, 0) is 10.0 Å². The number of anilines is 1.